The number of amides is 1. The van der Waals surface area contributed by atoms with Gasteiger partial charge in [0.15, 0.2) is 5.82 Å². The molecule has 3 heterocycles. The molecule has 1 aromatic heterocycles. The van der Waals surface area contributed by atoms with Crippen molar-refractivity contribution in [3.63, 3.8) is 0 Å². The summed E-state index contributed by atoms with van der Waals surface area (Å²) in [6.45, 7) is 5.78. The van der Waals surface area contributed by atoms with E-state index in [1.165, 1.54) is 12.8 Å². The zero-order valence-electron chi connectivity index (χ0n) is 14.5. The van der Waals surface area contributed by atoms with Gasteiger partial charge in [-0.1, -0.05) is 12.8 Å². The Labute approximate surface area is 143 Å². The number of rotatable bonds is 4. The lowest BCUT2D eigenvalue weighted by Crippen LogP contribution is -2.50. The maximum absolute atomic E-state index is 12.5. The van der Waals surface area contributed by atoms with Crippen LogP contribution in [0.25, 0.3) is 0 Å². The molecule has 2 aliphatic rings. The first kappa shape index (κ1) is 17.0. The Morgan fingerprint density at radius 3 is 2.33 bits per heavy atom. The summed E-state index contributed by atoms with van der Waals surface area (Å²) in [7, 11) is 1.61. The largest absolute Gasteiger partial charge is 0.478 e. The van der Waals surface area contributed by atoms with Gasteiger partial charge >= 0.3 is 0 Å². The van der Waals surface area contributed by atoms with E-state index < -0.39 is 0 Å². The fourth-order valence-corrected chi connectivity index (χ4v) is 3.41. The molecule has 0 aliphatic carbocycles. The van der Waals surface area contributed by atoms with E-state index in [-0.39, 0.29) is 5.91 Å². The molecule has 1 amide bonds. The predicted octanol–water partition coefficient (Wildman–Crippen LogP) is 1.01. The fourth-order valence-electron chi connectivity index (χ4n) is 3.41. The summed E-state index contributed by atoms with van der Waals surface area (Å²) < 4.78 is 5.29. The van der Waals surface area contributed by atoms with Gasteiger partial charge in [-0.2, -0.15) is 0 Å². The lowest BCUT2D eigenvalue weighted by molar-refractivity contribution is -0.132. The SMILES string of the molecule is COc1nccnc1N1CCN(CC(=O)N2CCCCCC2)CC1. The van der Waals surface area contributed by atoms with Crippen molar-refractivity contribution in [2.24, 2.45) is 0 Å². The molecule has 7 nitrogen and oxygen atoms in total. The van der Waals surface area contributed by atoms with E-state index in [9.17, 15) is 4.79 Å². The van der Waals surface area contributed by atoms with Gasteiger partial charge < -0.3 is 14.5 Å². The first-order valence-corrected chi connectivity index (χ1v) is 8.88. The molecule has 2 fully saturated rings. The Balaban J connectivity index is 1.50. The lowest BCUT2D eigenvalue weighted by atomic mass is 10.2. The molecule has 2 aliphatic heterocycles. The molecular formula is C17H27N5O2. The van der Waals surface area contributed by atoms with Crippen LogP contribution < -0.4 is 9.64 Å². The van der Waals surface area contributed by atoms with Crippen molar-refractivity contribution in [2.45, 2.75) is 25.7 Å². The molecule has 0 spiro atoms. The fraction of sp³-hybridized carbons (Fsp3) is 0.706. The number of hydrogen-bond acceptors (Lipinski definition) is 6. The molecular weight excluding hydrogens is 306 g/mol. The number of carbonyl (C=O) groups is 1. The maximum atomic E-state index is 12.5. The van der Waals surface area contributed by atoms with Crippen LogP contribution >= 0.6 is 0 Å². The van der Waals surface area contributed by atoms with E-state index >= 15 is 0 Å². The van der Waals surface area contributed by atoms with Crippen LogP contribution in [0.4, 0.5) is 5.82 Å². The van der Waals surface area contributed by atoms with Gasteiger partial charge in [-0.3, -0.25) is 9.69 Å². The second kappa shape index (κ2) is 8.28. The van der Waals surface area contributed by atoms with Gasteiger partial charge in [-0.05, 0) is 12.8 Å². The number of methoxy groups -OCH3 is 1. The predicted molar refractivity (Wildman–Crippen MR) is 92.3 cm³/mol. The van der Waals surface area contributed by atoms with Gasteiger partial charge in [0.25, 0.3) is 5.88 Å². The summed E-state index contributed by atoms with van der Waals surface area (Å²) in [6.07, 6.45) is 8.12. The van der Waals surface area contributed by atoms with Crippen LogP contribution in [-0.4, -0.2) is 78.6 Å². The monoisotopic (exact) mass is 333 g/mol. The maximum Gasteiger partial charge on any atom is 0.257 e. The highest BCUT2D eigenvalue weighted by molar-refractivity contribution is 5.78. The quantitative estimate of drug-likeness (QED) is 0.819. The number of piperazine rings is 1. The molecule has 24 heavy (non-hydrogen) atoms. The van der Waals surface area contributed by atoms with E-state index in [4.69, 9.17) is 4.74 Å². The molecule has 0 atom stereocenters. The first-order chi connectivity index (χ1) is 11.8. The smallest absolute Gasteiger partial charge is 0.257 e. The molecule has 2 saturated heterocycles. The summed E-state index contributed by atoms with van der Waals surface area (Å²) in [4.78, 5) is 27.6. The zero-order chi connectivity index (χ0) is 16.8. The van der Waals surface area contributed by atoms with E-state index in [0.29, 0.717) is 12.4 Å². The number of ether oxygens (including phenoxy) is 1. The van der Waals surface area contributed by atoms with Crippen molar-refractivity contribution < 1.29 is 9.53 Å². The minimum Gasteiger partial charge on any atom is -0.478 e. The number of aromatic nitrogens is 2. The first-order valence-electron chi connectivity index (χ1n) is 8.88. The van der Waals surface area contributed by atoms with Crippen molar-refractivity contribution in [3.05, 3.63) is 12.4 Å². The summed E-state index contributed by atoms with van der Waals surface area (Å²) in [5, 5.41) is 0. The third kappa shape index (κ3) is 4.14. The van der Waals surface area contributed by atoms with Crippen molar-refractivity contribution in [2.75, 3.05) is 57.8 Å². The highest BCUT2D eigenvalue weighted by Gasteiger charge is 2.24. The molecule has 0 aromatic carbocycles. The van der Waals surface area contributed by atoms with Crippen molar-refractivity contribution in [3.8, 4) is 5.88 Å². The van der Waals surface area contributed by atoms with Crippen LogP contribution in [0.5, 0.6) is 5.88 Å². The molecule has 7 heteroatoms. The second-order valence-electron chi connectivity index (χ2n) is 6.45. The Bertz CT molecular complexity index is 538. The van der Waals surface area contributed by atoms with Gasteiger partial charge in [0.1, 0.15) is 0 Å². The molecule has 3 rings (SSSR count). The molecule has 0 radical (unpaired) electrons. The van der Waals surface area contributed by atoms with E-state index in [1.54, 1.807) is 19.5 Å². The van der Waals surface area contributed by atoms with E-state index in [2.05, 4.69) is 19.8 Å². The van der Waals surface area contributed by atoms with E-state index in [0.717, 1.165) is 57.9 Å². The van der Waals surface area contributed by atoms with Gasteiger partial charge in [-0.25, -0.2) is 9.97 Å². The average molecular weight is 333 g/mol. The average Bonchev–Trinajstić information content (AvgIpc) is 2.92. The molecule has 1 aromatic rings. The highest BCUT2D eigenvalue weighted by Crippen LogP contribution is 2.23. The highest BCUT2D eigenvalue weighted by atomic mass is 16.5. The molecule has 132 valence electrons. The number of hydrogen-bond donors (Lipinski definition) is 0. The van der Waals surface area contributed by atoms with Crippen molar-refractivity contribution >= 4 is 11.7 Å². The Morgan fingerprint density at radius 1 is 1.00 bits per heavy atom. The number of nitrogens with zero attached hydrogens (tertiary/aromatic N) is 5. The second-order valence-corrected chi connectivity index (χ2v) is 6.45. The Hall–Kier alpha value is -1.89. The molecule has 0 unspecified atom stereocenters. The van der Waals surface area contributed by atoms with Crippen LogP contribution in [0.2, 0.25) is 0 Å². The van der Waals surface area contributed by atoms with Crippen LogP contribution in [0.3, 0.4) is 0 Å². The number of anilines is 1. The van der Waals surface area contributed by atoms with Crippen molar-refractivity contribution in [1.29, 1.82) is 0 Å². The van der Waals surface area contributed by atoms with Gasteiger partial charge in [0.05, 0.1) is 13.7 Å². The van der Waals surface area contributed by atoms with Crippen LogP contribution in [0.1, 0.15) is 25.7 Å². The Morgan fingerprint density at radius 2 is 1.67 bits per heavy atom. The Kier molecular flexibility index (Phi) is 5.85. The third-order valence-corrected chi connectivity index (χ3v) is 4.83. The number of carbonyl (C=O) groups excluding carboxylic acids is 1. The summed E-state index contributed by atoms with van der Waals surface area (Å²) in [6, 6.07) is 0. The summed E-state index contributed by atoms with van der Waals surface area (Å²) in [5.41, 5.74) is 0. The zero-order valence-corrected chi connectivity index (χ0v) is 14.5. The minimum atomic E-state index is 0.280. The summed E-state index contributed by atoms with van der Waals surface area (Å²) in [5.74, 6) is 1.63. The normalized spacial score (nSPS) is 19.9. The molecule has 0 saturated carbocycles. The van der Waals surface area contributed by atoms with Crippen LogP contribution in [0, 0.1) is 0 Å². The van der Waals surface area contributed by atoms with Gasteiger partial charge in [0, 0.05) is 51.7 Å². The lowest BCUT2D eigenvalue weighted by Gasteiger charge is -2.36. The van der Waals surface area contributed by atoms with E-state index in [1.807, 2.05) is 4.90 Å². The van der Waals surface area contributed by atoms with Crippen molar-refractivity contribution in [1.82, 2.24) is 19.8 Å². The van der Waals surface area contributed by atoms with Gasteiger partial charge in [-0.15, -0.1) is 0 Å². The number of likely N-dealkylation sites (tertiary alicyclic amines) is 1. The van der Waals surface area contributed by atoms with Crippen LogP contribution in [-0.2, 0) is 4.79 Å². The van der Waals surface area contributed by atoms with Gasteiger partial charge in [0.2, 0.25) is 5.91 Å². The minimum absolute atomic E-state index is 0.280. The van der Waals surface area contributed by atoms with Crippen LogP contribution in [0.15, 0.2) is 12.4 Å². The summed E-state index contributed by atoms with van der Waals surface area (Å²) >= 11 is 0. The standard InChI is InChI=1S/C17H27N5O2/c1-24-17-16(18-6-7-19-17)22-12-10-20(11-13-22)14-15(23)21-8-4-2-3-5-9-21/h6-7H,2-5,8-14H2,1H3. The third-order valence-electron chi connectivity index (χ3n) is 4.83. The molecule has 0 bridgehead atoms. The molecule has 0 N–H and O–H groups in total. The topological polar surface area (TPSA) is 61.8 Å².